The van der Waals surface area contributed by atoms with Crippen molar-refractivity contribution in [2.75, 3.05) is 5.32 Å². The Morgan fingerprint density at radius 2 is 1.83 bits per heavy atom. The molecule has 0 saturated heterocycles. The van der Waals surface area contributed by atoms with Crippen LogP contribution in [0.3, 0.4) is 0 Å². The van der Waals surface area contributed by atoms with Gasteiger partial charge in [-0.15, -0.1) is 0 Å². The summed E-state index contributed by atoms with van der Waals surface area (Å²) in [5, 5.41) is 4.34. The van der Waals surface area contributed by atoms with Crippen LogP contribution in [0.4, 0.5) is 10.1 Å². The van der Waals surface area contributed by atoms with Gasteiger partial charge in [0.15, 0.2) is 0 Å². The molecule has 1 amide bonds. The molecule has 8 heteroatoms. The Labute approximate surface area is 170 Å². The second-order valence-electron chi connectivity index (χ2n) is 6.32. The third-order valence-corrected chi connectivity index (χ3v) is 5.10. The first-order valence-electron chi connectivity index (χ1n) is 8.90. The predicted molar refractivity (Wildman–Crippen MR) is 108 cm³/mol. The number of carbonyl (C=O) groups excluding carboxylic acids is 2. The SMILES string of the molecule is Cc1csc(=O)n1CCC(=O)OC(C(=O)Nc1ccc(F)cc1)c1ccccc1. The number of hydrogen-bond acceptors (Lipinski definition) is 5. The van der Waals surface area contributed by atoms with Crippen LogP contribution in [0.2, 0.25) is 0 Å². The Morgan fingerprint density at radius 1 is 1.14 bits per heavy atom. The molecule has 3 aromatic rings. The molecular formula is C21H19FN2O4S. The summed E-state index contributed by atoms with van der Waals surface area (Å²) < 4.78 is 20.0. The molecule has 0 bridgehead atoms. The van der Waals surface area contributed by atoms with Crippen molar-refractivity contribution in [3.05, 3.63) is 86.7 Å². The Bertz CT molecular complexity index is 1040. The first kappa shape index (κ1) is 20.5. The van der Waals surface area contributed by atoms with E-state index in [2.05, 4.69) is 5.32 Å². The van der Waals surface area contributed by atoms with Crippen LogP contribution >= 0.6 is 11.3 Å². The number of aryl methyl sites for hydroxylation is 1. The highest BCUT2D eigenvalue weighted by atomic mass is 32.1. The van der Waals surface area contributed by atoms with Crippen LogP contribution in [0.25, 0.3) is 0 Å². The Balaban J connectivity index is 1.71. The summed E-state index contributed by atoms with van der Waals surface area (Å²) in [4.78, 5) is 36.7. The summed E-state index contributed by atoms with van der Waals surface area (Å²) in [7, 11) is 0. The maximum Gasteiger partial charge on any atom is 0.308 e. The molecule has 2 aromatic carbocycles. The summed E-state index contributed by atoms with van der Waals surface area (Å²) >= 11 is 1.07. The fourth-order valence-electron chi connectivity index (χ4n) is 2.71. The number of esters is 1. The number of benzene rings is 2. The largest absolute Gasteiger partial charge is 0.447 e. The number of rotatable bonds is 7. The zero-order valence-corrected chi connectivity index (χ0v) is 16.4. The van der Waals surface area contributed by atoms with Gasteiger partial charge in [-0.1, -0.05) is 41.7 Å². The molecule has 0 aliphatic heterocycles. The molecule has 29 heavy (non-hydrogen) atoms. The van der Waals surface area contributed by atoms with E-state index < -0.39 is 23.8 Å². The molecule has 0 aliphatic carbocycles. The molecule has 0 saturated carbocycles. The van der Waals surface area contributed by atoms with E-state index in [1.807, 2.05) is 0 Å². The van der Waals surface area contributed by atoms with Crippen molar-refractivity contribution in [3.8, 4) is 0 Å². The van der Waals surface area contributed by atoms with Gasteiger partial charge >= 0.3 is 10.8 Å². The molecule has 0 spiro atoms. The lowest BCUT2D eigenvalue weighted by Crippen LogP contribution is -2.26. The number of nitrogens with zero attached hydrogens (tertiary/aromatic N) is 1. The second kappa shape index (κ2) is 9.29. The fraction of sp³-hybridized carbons (Fsp3) is 0.190. The summed E-state index contributed by atoms with van der Waals surface area (Å²) in [6.45, 7) is 1.96. The molecule has 1 atom stereocenters. The third kappa shape index (κ3) is 5.39. The van der Waals surface area contributed by atoms with E-state index in [0.717, 1.165) is 17.0 Å². The number of amides is 1. The van der Waals surface area contributed by atoms with Crippen molar-refractivity contribution in [1.82, 2.24) is 4.57 Å². The third-order valence-electron chi connectivity index (χ3n) is 4.22. The average Bonchev–Trinajstić information content (AvgIpc) is 3.04. The van der Waals surface area contributed by atoms with Gasteiger partial charge in [0, 0.05) is 28.9 Å². The van der Waals surface area contributed by atoms with Gasteiger partial charge in [-0.25, -0.2) is 4.39 Å². The maximum absolute atomic E-state index is 13.1. The lowest BCUT2D eigenvalue weighted by Gasteiger charge is -2.18. The molecule has 1 N–H and O–H groups in total. The molecule has 0 aliphatic rings. The van der Waals surface area contributed by atoms with Crippen molar-refractivity contribution >= 4 is 28.9 Å². The van der Waals surface area contributed by atoms with E-state index in [4.69, 9.17) is 4.74 Å². The fourth-order valence-corrected chi connectivity index (χ4v) is 3.47. The van der Waals surface area contributed by atoms with E-state index in [9.17, 15) is 18.8 Å². The van der Waals surface area contributed by atoms with Crippen LogP contribution in [0, 0.1) is 12.7 Å². The normalized spacial score (nSPS) is 11.7. The van der Waals surface area contributed by atoms with Gasteiger partial charge in [-0.2, -0.15) is 0 Å². The predicted octanol–water partition coefficient (Wildman–Crippen LogP) is 3.67. The monoisotopic (exact) mass is 414 g/mol. The van der Waals surface area contributed by atoms with E-state index in [1.54, 1.807) is 42.6 Å². The Kier molecular flexibility index (Phi) is 6.56. The van der Waals surface area contributed by atoms with Crippen LogP contribution in [0.1, 0.15) is 23.8 Å². The smallest absolute Gasteiger partial charge is 0.308 e. The molecular weight excluding hydrogens is 395 g/mol. The van der Waals surface area contributed by atoms with Crippen molar-refractivity contribution in [1.29, 1.82) is 0 Å². The van der Waals surface area contributed by atoms with Gasteiger partial charge in [0.2, 0.25) is 6.10 Å². The minimum absolute atomic E-state index is 0.0510. The van der Waals surface area contributed by atoms with Gasteiger partial charge < -0.3 is 14.6 Å². The number of anilines is 1. The summed E-state index contributed by atoms with van der Waals surface area (Å²) in [6, 6.07) is 13.9. The highest BCUT2D eigenvalue weighted by Crippen LogP contribution is 2.21. The first-order chi connectivity index (χ1) is 13.9. The lowest BCUT2D eigenvalue weighted by molar-refractivity contribution is -0.155. The minimum Gasteiger partial charge on any atom is -0.447 e. The summed E-state index contributed by atoms with van der Waals surface area (Å²) in [6.07, 6.45) is -1.22. The van der Waals surface area contributed by atoms with Gasteiger partial charge in [0.25, 0.3) is 5.91 Å². The zero-order chi connectivity index (χ0) is 20.8. The van der Waals surface area contributed by atoms with Crippen LogP contribution in [0.15, 0.2) is 64.8 Å². The second-order valence-corrected chi connectivity index (χ2v) is 7.14. The molecule has 1 unspecified atom stereocenters. The lowest BCUT2D eigenvalue weighted by atomic mass is 10.1. The number of halogens is 1. The maximum atomic E-state index is 13.1. The van der Waals surface area contributed by atoms with Gasteiger partial charge in [-0.05, 0) is 31.2 Å². The van der Waals surface area contributed by atoms with Gasteiger partial charge in [0.1, 0.15) is 5.82 Å². The molecule has 0 radical (unpaired) electrons. The van der Waals surface area contributed by atoms with Crippen molar-refractivity contribution in [2.45, 2.75) is 26.0 Å². The molecule has 150 valence electrons. The molecule has 1 aromatic heterocycles. The quantitative estimate of drug-likeness (QED) is 0.599. The van der Waals surface area contributed by atoms with Gasteiger partial charge in [0.05, 0.1) is 6.42 Å². The van der Waals surface area contributed by atoms with E-state index in [-0.39, 0.29) is 17.8 Å². The van der Waals surface area contributed by atoms with Crippen molar-refractivity contribution in [2.24, 2.45) is 0 Å². The van der Waals surface area contributed by atoms with Crippen molar-refractivity contribution < 1.29 is 18.7 Å². The molecule has 6 nitrogen and oxygen atoms in total. The topological polar surface area (TPSA) is 77.4 Å². The van der Waals surface area contributed by atoms with E-state index >= 15 is 0 Å². The van der Waals surface area contributed by atoms with Crippen LogP contribution in [0.5, 0.6) is 0 Å². The highest BCUT2D eigenvalue weighted by Gasteiger charge is 2.25. The van der Waals surface area contributed by atoms with Crippen LogP contribution in [-0.2, 0) is 20.9 Å². The number of hydrogen-bond donors (Lipinski definition) is 1. The highest BCUT2D eigenvalue weighted by molar-refractivity contribution is 7.07. The Hall–Kier alpha value is -3.26. The molecule has 1 heterocycles. The first-order valence-corrected chi connectivity index (χ1v) is 9.78. The van der Waals surface area contributed by atoms with Crippen LogP contribution < -0.4 is 10.2 Å². The zero-order valence-electron chi connectivity index (χ0n) is 15.6. The van der Waals surface area contributed by atoms with E-state index in [0.29, 0.717) is 11.3 Å². The summed E-state index contributed by atoms with van der Waals surface area (Å²) in [5.74, 6) is -1.58. The number of aromatic nitrogens is 1. The number of carbonyl (C=O) groups is 2. The average molecular weight is 414 g/mol. The number of thiazole rings is 1. The number of ether oxygens (including phenoxy) is 1. The van der Waals surface area contributed by atoms with Crippen LogP contribution in [-0.4, -0.2) is 16.4 Å². The molecule has 0 fully saturated rings. The minimum atomic E-state index is -1.17. The summed E-state index contributed by atoms with van der Waals surface area (Å²) in [5.41, 5.74) is 1.65. The Morgan fingerprint density at radius 3 is 2.45 bits per heavy atom. The van der Waals surface area contributed by atoms with Gasteiger partial charge in [-0.3, -0.25) is 14.4 Å². The molecule has 3 rings (SSSR count). The number of nitrogens with one attached hydrogen (secondary N) is 1. The van der Waals surface area contributed by atoms with Crippen molar-refractivity contribution in [3.63, 3.8) is 0 Å². The standard InChI is InChI=1S/C21H19FN2O4S/c1-14-13-29-21(27)24(14)12-11-18(25)28-19(15-5-3-2-4-6-15)20(26)23-17-9-7-16(22)8-10-17/h2-10,13,19H,11-12H2,1H3,(H,23,26). The van der Waals surface area contributed by atoms with E-state index in [1.165, 1.54) is 28.8 Å².